The van der Waals surface area contributed by atoms with Crippen molar-refractivity contribution in [2.75, 3.05) is 13.2 Å². The molecule has 0 aromatic rings. The Kier molecular flexibility index (Phi) is 17.0. The summed E-state index contributed by atoms with van der Waals surface area (Å²) >= 11 is 0. The van der Waals surface area contributed by atoms with E-state index in [2.05, 4.69) is 26.5 Å². The number of hydrogen-bond acceptors (Lipinski definition) is 2. The van der Waals surface area contributed by atoms with Crippen LogP contribution in [0.2, 0.25) is 0 Å². The first-order chi connectivity index (χ1) is 10.3. The van der Waals surface area contributed by atoms with Crippen LogP contribution in [0, 0.1) is 0 Å². The van der Waals surface area contributed by atoms with Gasteiger partial charge in [0.15, 0.2) is 6.29 Å². The smallest absolute Gasteiger partial charge is 0.157 e. The number of allylic oxidation sites excluding steroid dienone is 3. The van der Waals surface area contributed by atoms with Crippen molar-refractivity contribution < 1.29 is 9.47 Å². The monoisotopic (exact) mass is 296 g/mol. The summed E-state index contributed by atoms with van der Waals surface area (Å²) in [6, 6.07) is 0. The average molecular weight is 296 g/mol. The van der Waals surface area contributed by atoms with Crippen LogP contribution in [0.15, 0.2) is 24.8 Å². The fourth-order valence-corrected chi connectivity index (χ4v) is 2.13. The molecule has 0 aliphatic heterocycles. The maximum Gasteiger partial charge on any atom is 0.157 e. The van der Waals surface area contributed by atoms with Crippen molar-refractivity contribution in [1.29, 1.82) is 0 Å². The van der Waals surface area contributed by atoms with E-state index in [1.165, 1.54) is 38.5 Å². The molecule has 2 heteroatoms. The summed E-state index contributed by atoms with van der Waals surface area (Å²) in [6.07, 6.45) is 17.8. The minimum absolute atomic E-state index is 0.0391. The zero-order valence-corrected chi connectivity index (χ0v) is 14.3. The molecule has 0 rings (SSSR count). The van der Waals surface area contributed by atoms with Gasteiger partial charge in [0.1, 0.15) is 0 Å². The van der Waals surface area contributed by atoms with E-state index in [1.54, 1.807) is 0 Å². The summed E-state index contributed by atoms with van der Waals surface area (Å²) in [7, 11) is 0. The topological polar surface area (TPSA) is 18.5 Å². The van der Waals surface area contributed by atoms with Crippen molar-refractivity contribution in [2.24, 2.45) is 0 Å². The van der Waals surface area contributed by atoms with Gasteiger partial charge in [0, 0.05) is 19.6 Å². The molecule has 0 unspecified atom stereocenters. The summed E-state index contributed by atoms with van der Waals surface area (Å²) in [5.74, 6) is 0. The van der Waals surface area contributed by atoms with Crippen molar-refractivity contribution in [3.8, 4) is 0 Å². The Morgan fingerprint density at radius 1 is 0.857 bits per heavy atom. The van der Waals surface area contributed by atoms with Gasteiger partial charge in [0.2, 0.25) is 0 Å². The highest BCUT2D eigenvalue weighted by molar-refractivity contribution is 4.96. The van der Waals surface area contributed by atoms with Crippen LogP contribution >= 0.6 is 0 Å². The van der Waals surface area contributed by atoms with E-state index in [0.29, 0.717) is 0 Å². The molecule has 0 amide bonds. The molecule has 0 aromatic heterocycles. The highest BCUT2D eigenvalue weighted by Gasteiger charge is 2.08. The Morgan fingerprint density at radius 3 is 1.90 bits per heavy atom. The van der Waals surface area contributed by atoms with E-state index in [1.807, 2.05) is 12.2 Å². The summed E-state index contributed by atoms with van der Waals surface area (Å²) in [6.45, 7) is 9.80. The van der Waals surface area contributed by atoms with Gasteiger partial charge in [-0.3, -0.25) is 0 Å². The van der Waals surface area contributed by atoms with E-state index in [4.69, 9.17) is 9.47 Å². The van der Waals surface area contributed by atoms with Gasteiger partial charge in [-0.05, 0) is 19.3 Å². The van der Waals surface area contributed by atoms with Crippen LogP contribution in [0.5, 0.6) is 0 Å². The van der Waals surface area contributed by atoms with Crippen molar-refractivity contribution in [3.05, 3.63) is 24.8 Å². The van der Waals surface area contributed by atoms with Crippen LogP contribution in [-0.2, 0) is 9.47 Å². The van der Waals surface area contributed by atoms with Gasteiger partial charge < -0.3 is 9.47 Å². The van der Waals surface area contributed by atoms with E-state index in [-0.39, 0.29) is 6.29 Å². The summed E-state index contributed by atoms with van der Waals surface area (Å²) in [5.41, 5.74) is 0. The lowest BCUT2D eigenvalue weighted by Crippen LogP contribution is -2.18. The first-order valence-corrected chi connectivity index (χ1v) is 8.85. The molecule has 124 valence electrons. The van der Waals surface area contributed by atoms with Gasteiger partial charge >= 0.3 is 0 Å². The molecule has 0 bridgehead atoms. The Balaban J connectivity index is 3.79. The second kappa shape index (κ2) is 17.5. The SMILES string of the molecule is C=C/C=C/CCC(OCCCCCC)OCCCCCC. The summed E-state index contributed by atoms with van der Waals surface area (Å²) < 4.78 is 11.8. The van der Waals surface area contributed by atoms with Crippen molar-refractivity contribution in [1.82, 2.24) is 0 Å². The van der Waals surface area contributed by atoms with Crippen molar-refractivity contribution in [2.45, 2.75) is 84.3 Å². The minimum atomic E-state index is -0.0391. The lowest BCUT2D eigenvalue weighted by Gasteiger charge is -2.18. The Hall–Kier alpha value is -0.600. The lowest BCUT2D eigenvalue weighted by atomic mass is 10.2. The van der Waals surface area contributed by atoms with Crippen molar-refractivity contribution in [3.63, 3.8) is 0 Å². The molecular formula is C19H36O2. The Labute approximate surface area is 132 Å². The van der Waals surface area contributed by atoms with Crippen LogP contribution < -0.4 is 0 Å². The molecule has 0 aliphatic rings. The highest BCUT2D eigenvalue weighted by atomic mass is 16.7. The molecule has 0 aromatic carbocycles. The lowest BCUT2D eigenvalue weighted by molar-refractivity contribution is -0.146. The predicted octanol–water partition coefficient (Wildman–Crippen LogP) is 6.03. The molecule has 0 radical (unpaired) electrons. The summed E-state index contributed by atoms with van der Waals surface area (Å²) in [5, 5.41) is 0. The zero-order valence-electron chi connectivity index (χ0n) is 14.3. The van der Waals surface area contributed by atoms with Crippen LogP contribution in [0.4, 0.5) is 0 Å². The first-order valence-electron chi connectivity index (χ1n) is 8.85. The molecule has 0 spiro atoms. The van der Waals surface area contributed by atoms with E-state index >= 15 is 0 Å². The predicted molar refractivity (Wildman–Crippen MR) is 92.5 cm³/mol. The number of rotatable bonds is 16. The molecule has 0 N–H and O–H groups in total. The van der Waals surface area contributed by atoms with E-state index < -0.39 is 0 Å². The zero-order chi connectivity index (χ0) is 15.6. The van der Waals surface area contributed by atoms with Crippen LogP contribution in [0.3, 0.4) is 0 Å². The molecule has 2 nitrogen and oxygen atoms in total. The third-order valence-electron chi connectivity index (χ3n) is 3.44. The fraction of sp³-hybridized carbons (Fsp3) is 0.789. The molecule has 0 saturated heterocycles. The third-order valence-corrected chi connectivity index (χ3v) is 3.44. The van der Waals surface area contributed by atoms with Gasteiger partial charge in [-0.2, -0.15) is 0 Å². The standard InChI is InChI=1S/C19H36O2/c1-4-7-10-13-16-19(20-17-14-11-8-5-2)21-18-15-12-9-6-3/h4,7,10,19H,1,5-6,8-9,11-18H2,2-3H3/b10-7+. The minimum Gasteiger partial charge on any atom is -0.353 e. The number of ether oxygens (including phenoxy) is 2. The van der Waals surface area contributed by atoms with Crippen LogP contribution in [-0.4, -0.2) is 19.5 Å². The normalized spacial score (nSPS) is 11.6. The Morgan fingerprint density at radius 2 is 1.43 bits per heavy atom. The second-order valence-corrected chi connectivity index (χ2v) is 5.53. The van der Waals surface area contributed by atoms with Gasteiger partial charge in [0.05, 0.1) is 0 Å². The van der Waals surface area contributed by atoms with Crippen LogP contribution in [0.25, 0.3) is 0 Å². The quantitative estimate of drug-likeness (QED) is 0.197. The Bertz CT molecular complexity index is 222. The number of unbranched alkanes of at least 4 members (excludes halogenated alkanes) is 6. The average Bonchev–Trinajstić information content (AvgIpc) is 2.50. The summed E-state index contributed by atoms with van der Waals surface area (Å²) in [4.78, 5) is 0. The van der Waals surface area contributed by atoms with Crippen LogP contribution in [0.1, 0.15) is 78.1 Å². The molecule has 0 aliphatic carbocycles. The first kappa shape index (κ1) is 20.4. The molecule has 0 heterocycles. The fourth-order valence-electron chi connectivity index (χ4n) is 2.13. The van der Waals surface area contributed by atoms with Gasteiger partial charge in [-0.1, -0.05) is 77.2 Å². The largest absolute Gasteiger partial charge is 0.353 e. The molecule has 0 atom stereocenters. The van der Waals surface area contributed by atoms with Gasteiger partial charge in [-0.25, -0.2) is 0 Å². The maximum absolute atomic E-state index is 5.89. The molecular weight excluding hydrogens is 260 g/mol. The van der Waals surface area contributed by atoms with Gasteiger partial charge in [0.25, 0.3) is 0 Å². The van der Waals surface area contributed by atoms with E-state index in [9.17, 15) is 0 Å². The van der Waals surface area contributed by atoms with Gasteiger partial charge in [-0.15, -0.1) is 0 Å². The maximum atomic E-state index is 5.89. The van der Waals surface area contributed by atoms with E-state index in [0.717, 1.165) is 38.9 Å². The number of hydrogen-bond donors (Lipinski definition) is 0. The second-order valence-electron chi connectivity index (χ2n) is 5.53. The molecule has 21 heavy (non-hydrogen) atoms. The highest BCUT2D eigenvalue weighted by Crippen LogP contribution is 2.10. The van der Waals surface area contributed by atoms with Crippen molar-refractivity contribution >= 4 is 0 Å². The molecule has 0 fully saturated rings. The third kappa shape index (κ3) is 15.6. The molecule has 0 saturated carbocycles.